The second-order valence-electron chi connectivity index (χ2n) is 6.32. The molecule has 2 aromatic carbocycles. The van der Waals surface area contributed by atoms with Crippen LogP contribution in [-0.2, 0) is 20.2 Å². The number of nitrogens with zero attached hydrogens (tertiary/aromatic N) is 3. The Hall–Kier alpha value is -3.68. The fraction of sp³-hybridized carbons (Fsp3) is 0.200. The van der Waals surface area contributed by atoms with E-state index in [0.29, 0.717) is 17.9 Å². The van der Waals surface area contributed by atoms with Crippen LogP contribution in [0.3, 0.4) is 0 Å². The van der Waals surface area contributed by atoms with Crippen LogP contribution in [-0.4, -0.2) is 20.6 Å². The third kappa shape index (κ3) is 4.73. The topological polar surface area (TPSA) is 99.3 Å². The predicted molar refractivity (Wildman–Crippen MR) is 103 cm³/mol. The van der Waals surface area contributed by atoms with Gasteiger partial charge in [-0.3, -0.25) is 19.6 Å². The Bertz CT molecular complexity index is 976. The van der Waals surface area contributed by atoms with E-state index in [9.17, 15) is 14.9 Å². The third-order valence-electron chi connectivity index (χ3n) is 4.24. The smallest absolute Gasteiger partial charge is 0.269 e. The molecule has 0 unspecified atom stereocenters. The Morgan fingerprint density at radius 1 is 1.21 bits per heavy atom. The van der Waals surface area contributed by atoms with Crippen LogP contribution in [0.15, 0.2) is 54.6 Å². The Morgan fingerprint density at radius 3 is 2.61 bits per heavy atom. The lowest BCUT2D eigenvalue weighted by Gasteiger charge is -2.08. The van der Waals surface area contributed by atoms with Gasteiger partial charge in [-0.1, -0.05) is 12.1 Å². The van der Waals surface area contributed by atoms with Gasteiger partial charge < -0.3 is 10.1 Å². The van der Waals surface area contributed by atoms with Crippen molar-refractivity contribution in [2.75, 3.05) is 0 Å². The zero-order valence-corrected chi connectivity index (χ0v) is 15.6. The number of aromatic nitrogens is 2. The van der Waals surface area contributed by atoms with Crippen LogP contribution in [0, 0.1) is 17.0 Å². The van der Waals surface area contributed by atoms with Gasteiger partial charge in [-0.15, -0.1) is 0 Å². The minimum absolute atomic E-state index is 0.00844. The van der Waals surface area contributed by atoms with Crippen molar-refractivity contribution in [3.63, 3.8) is 0 Å². The summed E-state index contributed by atoms with van der Waals surface area (Å²) >= 11 is 0. The number of rotatable bonds is 7. The number of ether oxygens (including phenoxy) is 1. The van der Waals surface area contributed by atoms with Gasteiger partial charge in [0.15, 0.2) is 0 Å². The van der Waals surface area contributed by atoms with E-state index in [0.717, 1.165) is 17.0 Å². The van der Waals surface area contributed by atoms with E-state index in [1.165, 1.54) is 12.1 Å². The van der Waals surface area contributed by atoms with Crippen LogP contribution in [0.1, 0.15) is 27.3 Å². The van der Waals surface area contributed by atoms with Gasteiger partial charge in [0, 0.05) is 30.4 Å². The van der Waals surface area contributed by atoms with Crippen molar-refractivity contribution in [2.24, 2.45) is 7.05 Å². The molecule has 0 spiro atoms. The van der Waals surface area contributed by atoms with Crippen molar-refractivity contribution in [3.05, 3.63) is 87.2 Å². The molecule has 1 N–H and O–H groups in total. The second kappa shape index (κ2) is 8.34. The molecule has 0 aliphatic heterocycles. The fourth-order valence-corrected chi connectivity index (χ4v) is 2.63. The maximum absolute atomic E-state index is 12.4. The standard InChI is InChI=1S/C20H20N4O4/c1-14-10-17(22-23(14)2)12-21-20(25)16-5-3-4-15(11-16)13-28-19-8-6-18(7-9-19)24(26)27/h3-11H,12-13H2,1-2H3,(H,21,25). The van der Waals surface area contributed by atoms with Crippen molar-refractivity contribution in [2.45, 2.75) is 20.1 Å². The number of non-ortho nitro benzene ring substituents is 1. The fourth-order valence-electron chi connectivity index (χ4n) is 2.63. The zero-order chi connectivity index (χ0) is 20.1. The molecule has 28 heavy (non-hydrogen) atoms. The van der Waals surface area contributed by atoms with Crippen LogP contribution in [0.4, 0.5) is 5.69 Å². The highest BCUT2D eigenvalue weighted by Gasteiger charge is 2.09. The van der Waals surface area contributed by atoms with E-state index < -0.39 is 4.92 Å². The van der Waals surface area contributed by atoms with Crippen molar-refractivity contribution < 1.29 is 14.5 Å². The van der Waals surface area contributed by atoms with Gasteiger partial charge in [-0.25, -0.2) is 0 Å². The van der Waals surface area contributed by atoms with Crippen LogP contribution >= 0.6 is 0 Å². The van der Waals surface area contributed by atoms with E-state index in [-0.39, 0.29) is 18.2 Å². The second-order valence-corrected chi connectivity index (χ2v) is 6.32. The number of nitro groups is 1. The Balaban J connectivity index is 1.58. The summed E-state index contributed by atoms with van der Waals surface area (Å²) in [6, 6.07) is 14.9. The molecule has 0 saturated heterocycles. The lowest BCUT2D eigenvalue weighted by molar-refractivity contribution is -0.384. The lowest BCUT2D eigenvalue weighted by Crippen LogP contribution is -2.23. The van der Waals surface area contributed by atoms with Crippen LogP contribution < -0.4 is 10.1 Å². The summed E-state index contributed by atoms with van der Waals surface area (Å²) in [6.45, 7) is 2.55. The maximum Gasteiger partial charge on any atom is 0.269 e. The van der Waals surface area contributed by atoms with Gasteiger partial charge in [-0.05, 0) is 42.8 Å². The van der Waals surface area contributed by atoms with Crippen molar-refractivity contribution >= 4 is 11.6 Å². The molecule has 0 radical (unpaired) electrons. The predicted octanol–water partition coefficient (Wildman–Crippen LogP) is 3.15. The summed E-state index contributed by atoms with van der Waals surface area (Å²) in [4.78, 5) is 22.6. The number of nitrogens with one attached hydrogen (secondary N) is 1. The Labute approximate surface area is 161 Å². The highest BCUT2D eigenvalue weighted by atomic mass is 16.6. The number of amides is 1. The first-order chi connectivity index (χ1) is 13.4. The monoisotopic (exact) mass is 380 g/mol. The molecule has 3 aromatic rings. The summed E-state index contributed by atoms with van der Waals surface area (Å²) < 4.78 is 7.40. The first-order valence-electron chi connectivity index (χ1n) is 8.66. The summed E-state index contributed by atoms with van der Waals surface area (Å²) in [5.41, 5.74) is 3.17. The number of nitro benzene ring substituents is 1. The minimum Gasteiger partial charge on any atom is -0.489 e. The van der Waals surface area contributed by atoms with Gasteiger partial charge in [0.1, 0.15) is 12.4 Å². The highest BCUT2D eigenvalue weighted by molar-refractivity contribution is 5.94. The van der Waals surface area contributed by atoms with Gasteiger partial charge in [0.2, 0.25) is 0 Å². The molecule has 3 rings (SSSR count). The van der Waals surface area contributed by atoms with Gasteiger partial charge in [-0.2, -0.15) is 5.10 Å². The minimum atomic E-state index is -0.460. The molecular weight excluding hydrogens is 360 g/mol. The SMILES string of the molecule is Cc1cc(CNC(=O)c2cccc(COc3ccc([N+](=O)[O-])cc3)c2)nn1C. The number of hydrogen-bond donors (Lipinski definition) is 1. The number of carbonyl (C=O) groups excluding carboxylic acids is 1. The van der Waals surface area contributed by atoms with Crippen LogP contribution in [0.25, 0.3) is 0 Å². The Kier molecular flexibility index (Phi) is 5.69. The number of benzene rings is 2. The molecule has 0 fully saturated rings. The van der Waals surface area contributed by atoms with E-state index in [1.807, 2.05) is 26.1 Å². The zero-order valence-electron chi connectivity index (χ0n) is 15.6. The molecule has 0 bridgehead atoms. The molecule has 0 saturated carbocycles. The summed E-state index contributed by atoms with van der Waals surface area (Å²) in [6.07, 6.45) is 0. The molecule has 8 heteroatoms. The first kappa shape index (κ1) is 19.1. The van der Waals surface area contributed by atoms with Crippen LogP contribution in [0.5, 0.6) is 5.75 Å². The average molecular weight is 380 g/mol. The molecule has 144 valence electrons. The number of aryl methyl sites for hydroxylation is 2. The molecule has 1 amide bonds. The molecule has 1 heterocycles. The normalized spacial score (nSPS) is 10.5. The van der Waals surface area contributed by atoms with E-state index in [1.54, 1.807) is 35.0 Å². The average Bonchev–Trinajstić information content (AvgIpc) is 3.02. The van der Waals surface area contributed by atoms with E-state index in [4.69, 9.17) is 4.74 Å². The molecular formula is C20H20N4O4. The largest absolute Gasteiger partial charge is 0.489 e. The number of carbonyl (C=O) groups is 1. The summed E-state index contributed by atoms with van der Waals surface area (Å²) in [5.74, 6) is 0.325. The number of hydrogen-bond acceptors (Lipinski definition) is 5. The van der Waals surface area contributed by atoms with Gasteiger partial charge in [0.25, 0.3) is 11.6 Å². The Morgan fingerprint density at radius 2 is 1.96 bits per heavy atom. The maximum atomic E-state index is 12.4. The lowest BCUT2D eigenvalue weighted by atomic mass is 10.1. The summed E-state index contributed by atoms with van der Waals surface area (Å²) in [5, 5.41) is 17.8. The molecule has 0 atom stereocenters. The van der Waals surface area contributed by atoms with E-state index in [2.05, 4.69) is 10.4 Å². The van der Waals surface area contributed by atoms with Gasteiger partial charge in [0.05, 0.1) is 17.2 Å². The first-order valence-corrected chi connectivity index (χ1v) is 8.66. The molecule has 0 aliphatic carbocycles. The van der Waals surface area contributed by atoms with Crippen molar-refractivity contribution in [1.29, 1.82) is 0 Å². The molecule has 0 aliphatic rings. The third-order valence-corrected chi connectivity index (χ3v) is 4.24. The van der Waals surface area contributed by atoms with Gasteiger partial charge >= 0.3 is 0 Å². The highest BCUT2D eigenvalue weighted by Crippen LogP contribution is 2.18. The van der Waals surface area contributed by atoms with E-state index >= 15 is 0 Å². The van der Waals surface area contributed by atoms with Crippen LogP contribution in [0.2, 0.25) is 0 Å². The molecule has 8 nitrogen and oxygen atoms in total. The summed E-state index contributed by atoms with van der Waals surface area (Å²) in [7, 11) is 1.86. The molecule has 1 aromatic heterocycles. The van der Waals surface area contributed by atoms with Crippen molar-refractivity contribution in [3.8, 4) is 5.75 Å². The van der Waals surface area contributed by atoms with Crippen molar-refractivity contribution in [1.82, 2.24) is 15.1 Å². The quantitative estimate of drug-likeness (QED) is 0.501.